The van der Waals surface area contributed by atoms with Gasteiger partial charge in [0, 0.05) is 24.2 Å². The Morgan fingerprint density at radius 1 is 1.21 bits per heavy atom. The van der Waals surface area contributed by atoms with Crippen molar-refractivity contribution in [3.8, 4) is 16.9 Å². The summed E-state index contributed by atoms with van der Waals surface area (Å²) in [6.45, 7) is 0. The Kier molecular flexibility index (Phi) is 7.02. The number of aromatic nitrogens is 3. The normalized spacial score (nSPS) is 11.7. The van der Waals surface area contributed by atoms with E-state index in [0.717, 1.165) is 11.4 Å². The zero-order valence-corrected chi connectivity index (χ0v) is 17.1. The lowest BCUT2D eigenvalue weighted by Gasteiger charge is -2.15. The third kappa shape index (κ3) is 5.03. The molecule has 1 atom stereocenters. The van der Waals surface area contributed by atoms with E-state index in [1.54, 1.807) is 41.1 Å². The van der Waals surface area contributed by atoms with Gasteiger partial charge in [0.05, 0.1) is 18.4 Å². The van der Waals surface area contributed by atoms with Crippen LogP contribution in [-0.4, -0.2) is 51.8 Å². The number of benzene rings is 1. The number of hydrogen-bond donors (Lipinski definition) is 1. The van der Waals surface area contributed by atoms with E-state index in [1.807, 2.05) is 42.7 Å². The standard InChI is InChI=1S/C21H22N4O3S/c1-28-21(27)18(10-12-29-2)23-20(26)17-14-25(16-8-4-3-5-9-16)24-19(17)15-7-6-11-22-13-15/h3-9,11,13-14,18H,10,12H2,1-2H3,(H,23,26)/t18-/m0/s1. The van der Waals surface area contributed by atoms with E-state index in [9.17, 15) is 9.59 Å². The van der Waals surface area contributed by atoms with Crippen molar-refractivity contribution in [3.63, 3.8) is 0 Å². The molecule has 0 bridgehead atoms. The number of pyridine rings is 1. The van der Waals surface area contributed by atoms with Crippen molar-refractivity contribution >= 4 is 23.6 Å². The van der Waals surface area contributed by atoms with Crippen molar-refractivity contribution in [3.05, 3.63) is 66.6 Å². The molecule has 1 N–H and O–H groups in total. The first kappa shape index (κ1) is 20.6. The van der Waals surface area contributed by atoms with Crippen LogP contribution >= 0.6 is 11.8 Å². The number of ether oxygens (including phenoxy) is 1. The summed E-state index contributed by atoms with van der Waals surface area (Å²) in [5.74, 6) is -0.132. The summed E-state index contributed by atoms with van der Waals surface area (Å²) in [7, 11) is 1.31. The molecule has 0 saturated carbocycles. The van der Waals surface area contributed by atoms with Gasteiger partial charge in [-0.25, -0.2) is 9.48 Å². The summed E-state index contributed by atoms with van der Waals surface area (Å²) in [4.78, 5) is 29.3. The zero-order chi connectivity index (χ0) is 20.6. The van der Waals surface area contributed by atoms with Gasteiger partial charge in [0.25, 0.3) is 5.91 Å². The number of amides is 1. The Hall–Kier alpha value is -3.13. The molecule has 3 aromatic rings. The summed E-state index contributed by atoms with van der Waals surface area (Å²) in [5, 5.41) is 7.39. The van der Waals surface area contributed by atoms with Gasteiger partial charge in [-0.15, -0.1) is 0 Å². The van der Waals surface area contributed by atoms with Gasteiger partial charge in [-0.2, -0.15) is 16.9 Å². The van der Waals surface area contributed by atoms with E-state index in [-0.39, 0.29) is 5.91 Å². The molecule has 29 heavy (non-hydrogen) atoms. The molecule has 0 fully saturated rings. The molecular formula is C21H22N4O3S. The third-order valence-corrected chi connectivity index (χ3v) is 4.96. The average molecular weight is 410 g/mol. The maximum absolute atomic E-state index is 13.1. The lowest BCUT2D eigenvalue weighted by Crippen LogP contribution is -2.42. The van der Waals surface area contributed by atoms with Gasteiger partial charge in [-0.3, -0.25) is 9.78 Å². The molecule has 0 aliphatic rings. The van der Waals surface area contributed by atoms with Gasteiger partial charge < -0.3 is 10.1 Å². The first-order valence-electron chi connectivity index (χ1n) is 9.07. The Morgan fingerprint density at radius 2 is 2.00 bits per heavy atom. The largest absolute Gasteiger partial charge is 0.467 e. The quantitative estimate of drug-likeness (QED) is 0.575. The van der Waals surface area contributed by atoms with E-state index in [1.165, 1.54) is 7.11 Å². The van der Waals surface area contributed by atoms with Gasteiger partial charge in [0.1, 0.15) is 11.7 Å². The molecule has 0 radical (unpaired) electrons. The number of esters is 1. The predicted octanol–water partition coefficient (Wildman–Crippen LogP) is 2.96. The van der Waals surface area contributed by atoms with Crippen LogP contribution in [0.5, 0.6) is 0 Å². The number of para-hydroxylation sites is 1. The molecule has 2 heterocycles. The van der Waals surface area contributed by atoms with Crippen LogP contribution in [0.4, 0.5) is 0 Å². The summed E-state index contributed by atoms with van der Waals surface area (Å²) >= 11 is 1.60. The zero-order valence-electron chi connectivity index (χ0n) is 16.2. The van der Waals surface area contributed by atoms with Gasteiger partial charge in [-0.05, 0) is 42.7 Å². The van der Waals surface area contributed by atoms with E-state index in [2.05, 4.69) is 15.4 Å². The van der Waals surface area contributed by atoms with Crippen LogP contribution in [0.15, 0.2) is 61.1 Å². The molecule has 0 spiro atoms. The number of methoxy groups -OCH3 is 1. The number of rotatable bonds is 8. The maximum atomic E-state index is 13.1. The number of hydrogen-bond acceptors (Lipinski definition) is 6. The van der Waals surface area contributed by atoms with Crippen LogP contribution in [0.1, 0.15) is 16.8 Å². The van der Waals surface area contributed by atoms with Crippen molar-refractivity contribution in [2.75, 3.05) is 19.1 Å². The minimum absolute atomic E-state index is 0.361. The van der Waals surface area contributed by atoms with Gasteiger partial charge in [0.2, 0.25) is 0 Å². The number of nitrogens with zero attached hydrogens (tertiary/aromatic N) is 3. The molecule has 2 aromatic heterocycles. The summed E-state index contributed by atoms with van der Waals surface area (Å²) in [6, 6.07) is 12.4. The molecule has 0 aliphatic carbocycles. The molecule has 8 heteroatoms. The van der Waals surface area contributed by atoms with Gasteiger partial charge in [-0.1, -0.05) is 18.2 Å². The molecule has 7 nitrogen and oxygen atoms in total. The summed E-state index contributed by atoms with van der Waals surface area (Å²) in [5.41, 5.74) is 2.39. The van der Waals surface area contributed by atoms with Crippen molar-refractivity contribution in [1.82, 2.24) is 20.1 Å². The second-order valence-corrected chi connectivity index (χ2v) is 7.23. The second kappa shape index (κ2) is 9.88. The fourth-order valence-corrected chi connectivity index (χ4v) is 3.30. The van der Waals surface area contributed by atoms with Crippen LogP contribution in [0.25, 0.3) is 16.9 Å². The number of carbonyl (C=O) groups excluding carboxylic acids is 2. The lowest BCUT2D eigenvalue weighted by atomic mass is 10.1. The SMILES string of the molecule is COC(=O)[C@H](CCSC)NC(=O)c1cn(-c2ccccc2)nc1-c1cccnc1. The first-order chi connectivity index (χ1) is 14.1. The molecule has 0 aliphatic heterocycles. The van der Waals surface area contributed by atoms with Crippen molar-refractivity contribution in [2.24, 2.45) is 0 Å². The highest BCUT2D eigenvalue weighted by Gasteiger charge is 2.25. The second-order valence-electron chi connectivity index (χ2n) is 6.24. The third-order valence-electron chi connectivity index (χ3n) is 4.32. The molecular weight excluding hydrogens is 388 g/mol. The topological polar surface area (TPSA) is 86.1 Å². The van der Waals surface area contributed by atoms with Gasteiger partial charge in [0.15, 0.2) is 0 Å². The van der Waals surface area contributed by atoms with Crippen LogP contribution in [0, 0.1) is 0 Å². The summed E-state index contributed by atoms with van der Waals surface area (Å²) < 4.78 is 6.49. The minimum Gasteiger partial charge on any atom is -0.467 e. The highest BCUT2D eigenvalue weighted by Crippen LogP contribution is 2.23. The smallest absolute Gasteiger partial charge is 0.328 e. The van der Waals surface area contributed by atoms with Crippen LogP contribution in [-0.2, 0) is 9.53 Å². The average Bonchev–Trinajstić information content (AvgIpc) is 3.23. The molecule has 1 aromatic carbocycles. The van der Waals surface area contributed by atoms with Crippen molar-refractivity contribution < 1.29 is 14.3 Å². The predicted molar refractivity (Wildman–Crippen MR) is 113 cm³/mol. The van der Waals surface area contributed by atoms with E-state index >= 15 is 0 Å². The number of thioether (sulfide) groups is 1. The molecule has 0 saturated heterocycles. The fraction of sp³-hybridized carbons (Fsp3) is 0.238. The van der Waals surface area contributed by atoms with E-state index in [4.69, 9.17) is 4.74 Å². The molecule has 150 valence electrons. The van der Waals surface area contributed by atoms with E-state index in [0.29, 0.717) is 23.2 Å². The van der Waals surface area contributed by atoms with Gasteiger partial charge >= 0.3 is 5.97 Å². The number of carbonyl (C=O) groups is 2. The minimum atomic E-state index is -0.721. The highest BCUT2D eigenvalue weighted by atomic mass is 32.2. The van der Waals surface area contributed by atoms with Crippen LogP contribution in [0.3, 0.4) is 0 Å². The lowest BCUT2D eigenvalue weighted by molar-refractivity contribution is -0.142. The Morgan fingerprint density at radius 3 is 2.66 bits per heavy atom. The van der Waals surface area contributed by atoms with Crippen LogP contribution in [0.2, 0.25) is 0 Å². The molecule has 3 rings (SSSR count). The molecule has 1 amide bonds. The molecule has 0 unspecified atom stereocenters. The first-order valence-corrected chi connectivity index (χ1v) is 10.5. The Balaban J connectivity index is 1.97. The van der Waals surface area contributed by atoms with Crippen LogP contribution < -0.4 is 5.32 Å². The Bertz CT molecular complexity index is 961. The Labute approximate surface area is 173 Å². The number of nitrogens with one attached hydrogen (secondary N) is 1. The fourth-order valence-electron chi connectivity index (χ4n) is 2.83. The van der Waals surface area contributed by atoms with Crippen molar-refractivity contribution in [2.45, 2.75) is 12.5 Å². The monoisotopic (exact) mass is 410 g/mol. The highest BCUT2D eigenvalue weighted by molar-refractivity contribution is 7.98. The maximum Gasteiger partial charge on any atom is 0.328 e. The van der Waals surface area contributed by atoms with Crippen molar-refractivity contribution in [1.29, 1.82) is 0 Å². The van der Waals surface area contributed by atoms with E-state index < -0.39 is 12.0 Å². The summed E-state index contributed by atoms with van der Waals surface area (Å²) in [6.07, 6.45) is 7.40.